The van der Waals surface area contributed by atoms with Gasteiger partial charge in [-0.05, 0) is 43.7 Å². The average Bonchev–Trinajstić information content (AvgIpc) is 2.40. The van der Waals surface area contributed by atoms with Crippen LogP contribution in [-0.4, -0.2) is 5.78 Å². The molecule has 0 amide bonds. The number of carbonyl (C=O) groups excluding carboxylic acids is 1. The Bertz CT molecular complexity index is 688. The van der Waals surface area contributed by atoms with Crippen LogP contribution in [0.15, 0.2) is 48.7 Å². The molecule has 0 heterocycles. The van der Waals surface area contributed by atoms with Crippen LogP contribution in [0.25, 0.3) is 0 Å². The molecule has 2 aromatic rings. The van der Waals surface area contributed by atoms with E-state index in [0.29, 0.717) is 15.6 Å². The van der Waals surface area contributed by atoms with E-state index in [4.69, 9.17) is 23.2 Å². The molecule has 4 heteroatoms. The molecule has 0 spiro atoms. The predicted molar refractivity (Wildman–Crippen MR) is 89.5 cm³/mol. The highest BCUT2D eigenvalue weighted by Gasteiger charge is 2.05. The van der Waals surface area contributed by atoms with Gasteiger partial charge in [0.05, 0.1) is 0 Å². The third-order valence-corrected chi connectivity index (χ3v) is 3.44. The third kappa shape index (κ3) is 4.35. The summed E-state index contributed by atoms with van der Waals surface area (Å²) in [6.07, 6.45) is 3.09. The van der Waals surface area contributed by atoms with E-state index >= 15 is 0 Å². The van der Waals surface area contributed by atoms with Crippen molar-refractivity contribution in [2.45, 2.75) is 13.8 Å². The van der Waals surface area contributed by atoms with E-state index < -0.39 is 0 Å². The average molecular weight is 320 g/mol. The lowest BCUT2D eigenvalue weighted by Gasteiger charge is -2.04. The maximum atomic E-state index is 12.2. The minimum Gasteiger partial charge on any atom is -0.361 e. The topological polar surface area (TPSA) is 29.1 Å². The quantitative estimate of drug-likeness (QED) is 0.602. The monoisotopic (exact) mass is 319 g/mol. The molecule has 0 bridgehead atoms. The van der Waals surface area contributed by atoms with Crippen LogP contribution in [0.4, 0.5) is 5.69 Å². The van der Waals surface area contributed by atoms with Crippen LogP contribution < -0.4 is 5.32 Å². The number of anilines is 1. The molecule has 0 radical (unpaired) electrons. The van der Waals surface area contributed by atoms with Crippen molar-refractivity contribution < 1.29 is 4.79 Å². The third-order valence-electron chi connectivity index (χ3n) is 3.01. The number of carbonyl (C=O) groups is 1. The van der Waals surface area contributed by atoms with Crippen molar-refractivity contribution in [2.75, 3.05) is 5.32 Å². The summed E-state index contributed by atoms with van der Waals surface area (Å²) in [6, 6.07) is 10.9. The molecule has 1 N–H and O–H groups in total. The van der Waals surface area contributed by atoms with Gasteiger partial charge in [-0.1, -0.05) is 40.9 Å². The molecule has 0 atom stereocenters. The van der Waals surface area contributed by atoms with Gasteiger partial charge in [-0.3, -0.25) is 4.79 Å². The minimum absolute atomic E-state index is 0.0446. The molecule has 0 unspecified atom stereocenters. The van der Waals surface area contributed by atoms with Crippen LogP contribution in [0.5, 0.6) is 0 Å². The Labute approximate surface area is 134 Å². The molecule has 0 saturated heterocycles. The van der Waals surface area contributed by atoms with Crippen molar-refractivity contribution in [3.8, 4) is 0 Å². The normalized spacial score (nSPS) is 10.9. The van der Waals surface area contributed by atoms with E-state index in [0.717, 1.165) is 16.8 Å². The first-order chi connectivity index (χ1) is 9.95. The molecule has 0 aromatic heterocycles. The summed E-state index contributed by atoms with van der Waals surface area (Å²) >= 11 is 11.8. The number of hydrogen-bond acceptors (Lipinski definition) is 2. The van der Waals surface area contributed by atoms with Gasteiger partial charge in [0.15, 0.2) is 5.78 Å². The Morgan fingerprint density at radius 2 is 1.71 bits per heavy atom. The van der Waals surface area contributed by atoms with Crippen LogP contribution in [0.3, 0.4) is 0 Å². The Morgan fingerprint density at radius 1 is 1.05 bits per heavy atom. The minimum atomic E-state index is -0.0446. The highest BCUT2D eigenvalue weighted by Crippen LogP contribution is 2.22. The van der Waals surface area contributed by atoms with Crippen LogP contribution in [0.1, 0.15) is 21.5 Å². The molecule has 0 aliphatic heterocycles. The van der Waals surface area contributed by atoms with Gasteiger partial charge in [0.25, 0.3) is 0 Å². The fraction of sp³-hybridized carbons (Fsp3) is 0.118. The second-order valence-corrected chi connectivity index (χ2v) is 5.69. The molecule has 2 aromatic carbocycles. The second-order valence-electron chi connectivity index (χ2n) is 4.82. The first-order valence-electron chi connectivity index (χ1n) is 6.46. The number of aryl methyl sites for hydroxylation is 2. The van der Waals surface area contributed by atoms with Crippen LogP contribution in [0.2, 0.25) is 10.0 Å². The fourth-order valence-electron chi connectivity index (χ4n) is 1.94. The zero-order chi connectivity index (χ0) is 15.4. The molecule has 21 heavy (non-hydrogen) atoms. The zero-order valence-corrected chi connectivity index (χ0v) is 13.3. The molecule has 0 aliphatic rings. The molecular formula is C17H15Cl2NO. The van der Waals surface area contributed by atoms with Crippen molar-refractivity contribution >= 4 is 34.7 Å². The van der Waals surface area contributed by atoms with Crippen molar-refractivity contribution in [3.63, 3.8) is 0 Å². The smallest absolute Gasteiger partial charge is 0.187 e. The number of nitrogens with one attached hydrogen (secondary N) is 1. The predicted octanol–water partition coefficient (Wildman–Crippen LogP) is 5.42. The highest BCUT2D eigenvalue weighted by molar-refractivity contribution is 6.35. The van der Waals surface area contributed by atoms with Gasteiger partial charge in [-0.15, -0.1) is 0 Å². The highest BCUT2D eigenvalue weighted by atomic mass is 35.5. The summed E-state index contributed by atoms with van der Waals surface area (Å²) in [7, 11) is 0. The second kappa shape index (κ2) is 6.79. The van der Waals surface area contributed by atoms with Gasteiger partial charge < -0.3 is 5.32 Å². The van der Waals surface area contributed by atoms with Crippen LogP contribution in [-0.2, 0) is 0 Å². The van der Waals surface area contributed by atoms with Crippen LogP contribution in [0, 0.1) is 13.8 Å². The summed E-state index contributed by atoms with van der Waals surface area (Å²) in [6.45, 7) is 3.89. The lowest BCUT2D eigenvalue weighted by molar-refractivity contribution is 0.104. The molecule has 0 fully saturated rings. The Balaban J connectivity index is 2.10. The molecular weight excluding hydrogens is 305 g/mol. The largest absolute Gasteiger partial charge is 0.361 e. The van der Waals surface area contributed by atoms with Crippen molar-refractivity contribution in [1.29, 1.82) is 0 Å². The summed E-state index contributed by atoms with van der Waals surface area (Å²) in [5.74, 6) is -0.0446. The lowest BCUT2D eigenvalue weighted by Crippen LogP contribution is -1.99. The lowest BCUT2D eigenvalue weighted by atomic mass is 10.0. The maximum Gasteiger partial charge on any atom is 0.187 e. The van der Waals surface area contributed by atoms with Gasteiger partial charge in [0.1, 0.15) is 0 Å². The standard InChI is InChI=1S/C17H15Cl2NO/c1-11-3-4-12(2)16(7-11)17(21)5-6-20-15-9-13(18)8-14(19)10-15/h3-10,20H,1-2H3. The number of benzene rings is 2. The maximum absolute atomic E-state index is 12.2. The van der Waals surface area contributed by atoms with E-state index in [9.17, 15) is 4.79 Å². The molecule has 0 saturated carbocycles. The van der Waals surface area contributed by atoms with Gasteiger partial charge in [0, 0.05) is 33.6 Å². The first-order valence-corrected chi connectivity index (χ1v) is 7.22. The molecule has 2 nitrogen and oxygen atoms in total. The van der Waals surface area contributed by atoms with Crippen molar-refractivity contribution in [2.24, 2.45) is 0 Å². The van der Waals surface area contributed by atoms with E-state index in [-0.39, 0.29) is 5.78 Å². The zero-order valence-electron chi connectivity index (χ0n) is 11.8. The van der Waals surface area contributed by atoms with Crippen LogP contribution >= 0.6 is 23.2 Å². The molecule has 0 aliphatic carbocycles. The van der Waals surface area contributed by atoms with Gasteiger partial charge >= 0.3 is 0 Å². The summed E-state index contributed by atoms with van der Waals surface area (Å²) in [5.41, 5.74) is 3.46. The molecule has 2 rings (SSSR count). The number of hydrogen-bond donors (Lipinski definition) is 1. The Hall–Kier alpha value is -1.77. The van der Waals surface area contributed by atoms with Gasteiger partial charge in [-0.25, -0.2) is 0 Å². The number of halogens is 2. The van der Waals surface area contributed by atoms with E-state index in [1.165, 1.54) is 6.08 Å². The van der Waals surface area contributed by atoms with Crippen molar-refractivity contribution in [1.82, 2.24) is 0 Å². The summed E-state index contributed by atoms with van der Waals surface area (Å²) < 4.78 is 0. The van der Waals surface area contributed by atoms with E-state index in [1.54, 1.807) is 24.4 Å². The fourth-order valence-corrected chi connectivity index (χ4v) is 2.47. The van der Waals surface area contributed by atoms with E-state index in [1.807, 2.05) is 32.0 Å². The SMILES string of the molecule is Cc1ccc(C)c(C(=O)C=CNc2cc(Cl)cc(Cl)c2)c1. The summed E-state index contributed by atoms with van der Waals surface area (Å²) in [4.78, 5) is 12.2. The summed E-state index contributed by atoms with van der Waals surface area (Å²) in [5, 5.41) is 4.07. The van der Waals surface area contributed by atoms with Crippen molar-refractivity contribution in [3.05, 3.63) is 75.4 Å². The number of ketones is 1. The van der Waals surface area contributed by atoms with E-state index in [2.05, 4.69) is 5.32 Å². The molecule has 108 valence electrons. The number of rotatable bonds is 4. The first kappa shape index (κ1) is 15.6. The Morgan fingerprint density at radius 3 is 2.38 bits per heavy atom. The number of allylic oxidation sites excluding steroid dienone is 1. The van der Waals surface area contributed by atoms with Gasteiger partial charge in [-0.2, -0.15) is 0 Å². The Kier molecular flexibility index (Phi) is 5.05. The van der Waals surface area contributed by atoms with Gasteiger partial charge in [0.2, 0.25) is 0 Å².